The summed E-state index contributed by atoms with van der Waals surface area (Å²) in [6.07, 6.45) is 0. The fourth-order valence-corrected chi connectivity index (χ4v) is 2.63. The zero-order valence-corrected chi connectivity index (χ0v) is 11.7. The molecule has 0 saturated carbocycles. The largest absolute Gasteiger partial charge is 0.398 e. The van der Waals surface area contributed by atoms with Gasteiger partial charge >= 0.3 is 0 Å². The molecule has 0 aromatic heterocycles. The third-order valence-corrected chi connectivity index (χ3v) is 3.71. The maximum absolute atomic E-state index is 12.7. The summed E-state index contributed by atoms with van der Waals surface area (Å²) < 4.78 is 0. The van der Waals surface area contributed by atoms with Gasteiger partial charge in [0, 0.05) is 19.3 Å². The van der Waals surface area contributed by atoms with Gasteiger partial charge in [-0.15, -0.1) is 0 Å². The average molecular weight is 261 g/mol. The van der Waals surface area contributed by atoms with Crippen LogP contribution in [-0.4, -0.2) is 35.8 Å². The molecule has 0 bridgehead atoms. The molecule has 0 fully saturated rings. The highest BCUT2D eigenvalue weighted by Crippen LogP contribution is 2.34. The van der Waals surface area contributed by atoms with E-state index in [1.54, 1.807) is 44.0 Å². The molecule has 1 aromatic rings. The first-order valence-corrected chi connectivity index (χ1v) is 6.31. The molecular weight excluding hydrogens is 242 g/mol. The molecule has 1 aliphatic rings. The van der Waals surface area contributed by atoms with Crippen molar-refractivity contribution < 1.29 is 9.59 Å². The van der Waals surface area contributed by atoms with E-state index in [0.29, 0.717) is 23.5 Å². The molecule has 1 aliphatic heterocycles. The Hall–Kier alpha value is -2.04. The summed E-state index contributed by atoms with van der Waals surface area (Å²) in [6, 6.07) is 5.18. The molecule has 2 amide bonds. The first-order valence-electron chi connectivity index (χ1n) is 6.31. The lowest BCUT2D eigenvalue weighted by Gasteiger charge is -2.35. The third-order valence-electron chi connectivity index (χ3n) is 3.71. The number of benzene rings is 1. The lowest BCUT2D eigenvalue weighted by molar-refractivity contribution is -0.127. The topological polar surface area (TPSA) is 66.6 Å². The predicted molar refractivity (Wildman–Crippen MR) is 75.1 cm³/mol. The van der Waals surface area contributed by atoms with Crippen molar-refractivity contribution in [2.45, 2.75) is 26.3 Å². The SMILES string of the molecule is CCN1C(=O)c2c(N)cccc2N(C)C(=O)C1(C)C. The molecule has 2 rings (SSSR count). The predicted octanol–water partition coefficient (Wildman–Crippen LogP) is 1.49. The van der Waals surface area contributed by atoms with Crippen molar-refractivity contribution in [3.63, 3.8) is 0 Å². The zero-order chi connectivity index (χ0) is 14.4. The molecule has 0 spiro atoms. The lowest BCUT2D eigenvalue weighted by Crippen LogP contribution is -2.55. The zero-order valence-electron chi connectivity index (χ0n) is 11.7. The van der Waals surface area contributed by atoms with Crippen molar-refractivity contribution in [1.82, 2.24) is 4.90 Å². The normalized spacial score (nSPS) is 18.3. The van der Waals surface area contributed by atoms with E-state index in [9.17, 15) is 9.59 Å². The summed E-state index contributed by atoms with van der Waals surface area (Å²) in [5.74, 6) is -0.314. The number of nitrogens with zero attached hydrogens (tertiary/aromatic N) is 2. The number of hydrogen-bond donors (Lipinski definition) is 1. The van der Waals surface area contributed by atoms with Crippen LogP contribution < -0.4 is 10.6 Å². The molecule has 102 valence electrons. The molecule has 0 aliphatic carbocycles. The minimum atomic E-state index is -0.883. The fourth-order valence-electron chi connectivity index (χ4n) is 2.63. The van der Waals surface area contributed by atoms with E-state index >= 15 is 0 Å². The Bertz CT molecular complexity index is 552. The second kappa shape index (κ2) is 4.26. The van der Waals surface area contributed by atoms with E-state index in [4.69, 9.17) is 5.73 Å². The Balaban J connectivity index is 2.74. The van der Waals surface area contributed by atoms with E-state index in [-0.39, 0.29) is 11.8 Å². The number of fused-ring (bicyclic) bond motifs is 1. The van der Waals surface area contributed by atoms with E-state index in [0.717, 1.165) is 0 Å². The van der Waals surface area contributed by atoms with Crippen LogP contribution >= 0.6 is 0 Å². The maximum Gasteiger partial charge on any atom is 0.258 e. The van der Waals surface area contributed by atoms with Gasteiger partial charge in [-0.05, 0) is 32.9 Å². The van der Waals surface area contributed by atoms with E-state index in [2.05, 4.69) is 0 Å². The van der Waals surface area contributed by atoms with Crippen LogP contribution in [0.2, 0.25) is 0 Å². The summed E-state index contributed by atoms with van der Waals surface area (Å²) in [7, 11) is 1.68. The van der Waals surface area contributed by atoms with Crippen LogP contribution in [0.3, 0.4) is 0 Å². The van der Waals surface area contributed by atoms with Crippen LogP contribution in [0.1, 0.15) is 31.1 Å². The van der Waals surface area contributed by atoms with Gasteiger partial charge in [-0.1, -0.05) is 6.07 Å². The number of nitrogens with two attached hydrogens (primary N) is 1. The minimum absolute atomic E-state index is 0.118. The van der Waals surface area contributed by atoms with E-state index in [1.807, 2.05) is 6.92 Å². The first-order chi connectivity index (χ1) is 8.82. The number of carbonyl (C=O) groups is 2. The molecule has 2 N–H and O–H groups in total. The second-order valence-electron chi connectivity index (χ2n) is 5.21. The molecular formula is C14H19N3O2. The highest BCUT2D eigenvalue weighted by molar-refractivity contribution is 6.14. The van der Waals surface area contributed by atoms with Gasteiger partial charge in [0.05, 0.1) is 11.3 Å². The number of carbonyl (C=O) groups excluding carboxylic acids is 2. The van der Waals surface area contributed by atoms with Gasteiger partial charge in [0.1, 0.15) is 5.54 Å². The van der Waals surface area contributed by atoms with Crippen LogP contribution in [0.25, 0.3) is 0 Å². The van der Waals surface area contributed by atoms with Crippen molar-refractivity contribution in [3.8, 4) is 0 Å². The first kappa shape index (κ1) is 13.4. The highest BCUT2D eigenvalue weighted by Gasteiger charge is 2.44. The molecule has 5 heteroatoms. The van der Waals surface area contributed by atoms with Crippen molar-refractivity contribution in [3.05, 3.63) is 23.8 Å². The van der Waals surface area contributed by atoms with Gasteiger partial charge in [0.25, 0.3) is 11.8 Å². The average Bonchev–Trinajstić information content (AvgIpc) is 2.40. The molecule has 5 nitrogen and oxygen atoms in total. The number of likely N-dealkylation sites (N-methyl/N-ethyl adjacent to an activating group) is 2. The van der Waals surface area contributed by atoms with Gasteiger partial charge in [-0.25, -0.2) is 0 Å². The van der Waals surface area contributed by atoms with Gasteiger partial charge in [-0.3, -0.25) is 9.59 Å². The summed E-state index contributed by atoms with van der Waals surface area (Å²) in [4.78, 5) is 28.3. The monoisotopic (exact) mass is 261 g/mol. The Morgan fingerprint density at radius 1 is 1.26 bits per heavy atom. The third kappa shape index (κ3) is 1.77. The molecule has 1 heterocycles. The number of anilines is 2. The minimum Gasteiger partial charge on any atom is -0.398 e. The van der Waals surface area contributed by atoms with Crippen LogP contribution in [0.5, 0.6) is 0 Å². The molecule has 1 aromatic carbocycles. The Labute approximate surface area is 113 Å². The van der Waals surface area contributed by atoms with Gasteiger partial charge in [-0.2, -0.15) is 0 Å². The van der Waals surface area contributed by atoms with E-state index < -0.39 is 5.54 Å². The fraction of sp³-hybridized carbons (Fsp3) is 0.429. The van der Waals surface area contributed by atoms with Gasteiger partial charge < -0.3 is 15.5 Å². The van der Waals surface area contributed by atoms with Crippen LogP contribution in [0.4, 0.5) is 11.4 Å². The molecule has 0 unspecified atom stereocenters. The lowest BCUT2D eigenvalue weighted by atomic mass is 10.0. The Morgan fingerprint density at radius 2 is 1.89 bits per heavy atom. The Kier molecular flexibility index (Phi) is 3.00. The number of nitrogen functional groups attached to an aromatic ring is 1. The van der Waals surface area contributed by atoms with Crippen molar-refractivity contribution in [2.24, 2.45) is 0 Å². The van der Waals surface area contributed by atoms with Crippen LogP contribution in [0, 0.1) is 0 Å². The molecule has 19 heavy (non-hydrogen) atoms. The summed E-state index contributed by atoms with van der Waals surface area (Å²) in [6.45, 7) is 5.83. The van der Waals surface area contributed by atoms with Gasteiger partial charge in [0.2, 0.25) is 0 Å². The smallest absolute Gasteiger partial charge is 0.258 e. The molecule has 0 radical (unpaired) electrons. The van der Waals surface area contributed by atoms with Crippen molar-refractivity contribution in [2.75, 3.05) is 24.2 Å². The summed E-state index contributed by atoms with van der Waals surface area (Å²) in [5, 5.41) is 0. The maximum atomic E-state index is 12.7. The van der Waals surface area contributed by atoms with Crippen molar-refractivity contribution in [1.29, 1.82) is 0 Å². The number of amides is 2. The van der Waals surface area contributed by atoms with E-state index in [1.165, 1.54) is 4.90 Å². The molecule has 0 saturated heterocycles. The second-order valence-corrected chi connectivity index (χ2v) is 5.21. The van der Waals surface area contributed by atoms with Gasteiger partial charge in [0.15, 0.2) is 0 Å². The van der Waals surface area contributed by atoms with Crippen LogP contribution in [0.15, 0.2) is 18.2 Å². The molecule has 0 atom stereocenters. The highest BCUT2D eigenvalue weighted by atomic mass is 16.2. The quantitative estimate of drug-likeness (QED) is 0.779. The Morgan fingerprint density at radius 3 is 2.47 bits per heavy atom. The standard InChI is InChI=1S/C14H19N3O2/c1-5-17-12(18)11-9(15)7-6-8-10(11)16(4)13(19)14(17,2)3/h6-8H,5,15H2,1-4H3. The number of hydrogen-bond acceptors (Lipinski definition) is 3. The van der Waals surface area contributed by atoms with Crippen molar-refractivity contribution >= 4 is 23.2 Å². The summed E-state index contributed by atoms with van der Waals surface area (Å²) >= 11 is 0. The summed E-state index contributed by atoms with van der Waals surface area (Å²) in [5.41, 5.74) is 6.42. The number of rotatable bonds is 1. The van der Waals surface area contributed by atoms with Crippen LogP contribution in [-0.2, 0) is 4.79 Å².